The van der Waals surface area contributed by atoms with Crippen LogP contribution < -0.4 is 5.32 Å². The Morgan fingerprint density at radius 2 is 1.79 bits per heavy atom. The number of rotatable bonds is 5. The second-order valence-electron chi connectivity index (χ2n) is 8.12. The van der Waals surface area contributed by atoms with E-state index in [1.807, 2.05) is 26.8 Å². The van der Waals surface area contributed by atoms with Crippen LogP contribution in [0, 0.1) is 6.92 Å². The lowest BCUT2D eigenvalue weighted by Gasteiger charge is -2.34. The van der Waals surface area contributed by atoms with Crippen molar-refractivity contribution in [2.24, 2.45) is 0 Å². The molecule has 1 aromatic heterocycles. The van der Waals surface area contributed by atoms with Crippen molar-refractivity contribution in [1.82, 2.24) is 14.1 Å². The number of aromatic nitrogens is 2. The highest BCUT2D eigenvalue weighted by Crippen LogP contribution is 2.24. The Morgan fingerprint density at radius 1 is 1.09 bits per heavy atom. The zero-order valence-electron chi connectivity index (χ0n) is 18.5. The number of amides is 1. The number of carbonyl (C=O) groups excluding carboxylic acids is 1. The van der Waals surface area contributed by atoms with Gasteiger partial charge in [-0.2, -0.15) is 9.40 Å². The van der Waals surface area contributed by atoms with Gasteiger partial charge in [0.15, 0.2) is 0 Å². The maximum atomic E-state index is 13.2. The molecule has 174 valence electrons. The molecule has 1 N–H and O–H groups in total. The van der Waals surface area contributed by atoms with Crippen LogP contribution in [0.2, 0.25) is 5.02 Å². The highest BCUT2D eigenvalue weighted by molar-refractivity contribution is 7.89. The van der Waals surface area contributed by atoms with Gasteiger partial charge in [-0.15, -0.1) is 0 Å². The number of anilines is 1. The minimum absolute atomic E-state index is 0.0657. The van der Waals surface area contributed by atoms with E-state index in [1.54, 1.807) is 41.1 Å². The summed E-state index contributed by atoms with van der Waals surface area (Å²) in [6, 6.07) is 14.9. The number of sulfonamides is 1. The van der Waals surface area contributed by atoms with Crippen molar-refractivity contribution in [2.75, 3.05) is 18.4 Å². The second-order valence-corrected chi connectivity index (χ2v) is 10.5. The Kier molecular flexibility index (Phi) is 6.58. The van der Waals surface area contributed by atoms with Crippen LogP contribution in [0.5, 0.6) is 0 Å². The van der Waals surface area contributed by atoms with Crippen LogP contribution in [-0.4, -0.2) is 53.7 Å². The first kappa shape index (κ1) is 23.4. The lowest BCUT2D eigenvalue weighted by Crippen LogP contribution is -2.48. The van der Waals surface area contributed by atoms with Gasteiger partial charge in [0, 0.05) is 29.7 Å². The van der Waals surface area contributed by atoms with E-state index in [-0.39, 0.29) is 35.8 Å². The maximum absolute atomic E-state index is 13.2. The summed E-state index contributed by atoms with van der Waals surface area (Å²) in [5.41, 5.74) is 1.62. The van der Waals surface area contributed by atoms with Gasteiger partial charge in [0.2, 0.25) is 10.0 Å². The predicted octanol–water partition coefficient (Wildman–Crippen LogP) is 3.88. The number of nitrogens with one attached hydrogen (secondary N) is 1. The van der Waals surface area contributed by atoms with Gasteiger partial charge < -0.3 is 10.1 Å². The molecule has 2 unspecified atom stereocenters. The molecule has 0 aliphatic carbocycles. The van der Waals surface area contributed by atoms with Crippen LogP contribution in [0.3, 0.4) is 0 Å². The summed E-state index contributed by atoms with van der Waals surface area (Å²) in [6.45, 7) is 6.02. The fourth-order valence-corrected chi connectivity index (χ4v) is 5.68. The van der Waals surface area contributed by atoms with Gasteiger partial charge in [-0.25, -0.2) is 13.1 Å². The summed E-state index contributed by atoms with van der Waals surface area (Å²) in [5, 5.41) is 7.80. The Balaban J connectivity index is 1.60. The molecule has 1 amide bonds. The Labute approximate surface area is 198 Å². The van der Waals surface area contributed by atoms with Crippen molar-refractivity contribution in [3.05, 3.63) is 70.9 Å². The highest BCUT2D eigenvalue weighted by Gasteiger charge is 2.32. The Bertz CT molecular complexity index is 1280. The lowest BCUT2D eigenvalue weighted by atomic mass is 10.2. The number of benzene rings is 2. The van der Waals surface area contributed by atoms with E-state index < -0.39 is 15.9 Å². The largest absolute Gasteiger partial charge is 0.373 e. The van der Waals surface area contributed by atoms with Gasteiger partial charge >= 0.3 is 0 Å². The number of aryl methyl sites for hydroxylation is 1. The molecule has 1 aliphatic heterocycles. The molecule has 2 heterocycles. The van der Waals surface area contributed by atoms with Crippen molar-refractivity contribution in [2.45, 2.75) is 37.9 Å². The van der Waals surface area contributed by atoms with Crippen molar-refractivity contribution in [1.29, 1.82) is 0 Å². The fourth-order valence-electron chi connectivity index (χ4n) is 3.86. The van der Waals surface area contributed by atoms with Crippen molar-refractivity contribution in [3.63, 3.8) is 0 Å². The molecule has 1 aliphatic rings. The molecule has 4 rings (SSSR count). The van der Waals surface area contributed by atoms with Gasteiger partial charge in [-0.05, 0) is 57.2 Å². The Hall–Kier alpha value is -2.72. The molecular formula is C23H25ClN4O4S. The zero-order valence-corrected chi connectivity index (χ0v) is 20.1. The van der Waals surface area contributed by atoms with Gasteiger partial charge in [0.1, 0.15) is 5.82 Å². The third-order valence-electron chi connectivity index (χ3n) is 5.25. The SMILES string of the molecule is Cc1cc(NC(=O)c2cccc(S(=O)(=O)N3CC(C)OC(C)C3)c2)n(-c2cccc(Cl)c2)n1. The average Bonchev–Trinajstić information content (AvgIpc) is 3.13. The first-order valence-electron chi connectivity index (χ1n) is 10.5. The first-order chi connectivity index (χ1) is 15.6. The van der Waals surface area contributed by atoms with Crippen LogP contribution in [0.1, 0.15) is 29.9 Å². The molecule has 0 saturated carbocycles. The van der Waals surface area contributed by atoms with E-state index in [9.17, 15) is 13.2 Å². The number of ether oxygens (including phenoxy) is 1. The van der Waals surface area contributed by atoms with E-state index in [1.165, 1.54) is 16.4 Å². The molecule has 0 radical (unpaired) electrons. The quantitative estimate of drug-likeness (QED) is 0.588. The number of halogens is 1. The maximum Gasteiger partial charge on any atom is 0.256 e. The number of carbonyl (C=O) groups is 1. The number of morpholine rings is 1. The van der Waals surface area contributed by atoms with Gasteiger partial charge in [-0.1, -0.05) is 23.7 Å². The fraction of sp³-hybridized carbons (Fsp3) is 0.304. The standard InChI is InChI=1S/C23H25ClN4O4S/c1-15-10-22(28(26-15)20-8-5-7-19(24)12-20)25-23(29)18-6-4-9-21(11-18)33(30,31)27-13-16(2)32-17(3)14-27/h4-12,16-17H,13-14H2,1-3H3,(H,25,29). The molecule has 0 spiro atoms. The molecule has 2 aromatic carbocycles. The van der Waals surface area contributed by atoms with Crippen molar-refractivity contribution >= 4 is 33.3 Å². The normalized spacial score (nSPS) is 19.4. The molecule has 1 saturated heterocycles. The van der Waals surface area contributed by atoms with Crippen LogP contribution in [0.15, 0.2) is 59.5 Å². The van der Waals surface area contributed by atoms with Crippen LogP contribution in [0.4, 0.5) is 5.82 Å². The van der Waals surface area contributed by atoms with E-state index in [0.717, 1.165) is 0 Å². The first-order valence-corrected chi connectivity index (χ1v) is 12.3. The third-order valence-corrected chi connectivity index (χ3v) is 7.31. The van der Waals surface area contributed by atoms with Gasteiger partial charge in [0.05, 0.1) is 28.5 Å². The summed E-state index contributed by atoms with van der Waals surface area (Å²) in [6.07, 6.45) is -0.407. The summed E-state index contributed by atoms with van der Waals surface area (Å²) in [4.78, 5) is 13.1. The summed E-state index contributed by atoms with van der Waals surface area (Å²) in [7, 11) is -3.77. The van der Waals surface area contributed by atoms with Crippen LogP contribution >= 0.6 is 11.6 Å². The Morgan fingerprint density at radius 3 is 2.48 bits per heavy atom. The van der Waals surface area contributed by atoms with Gasteiger partial charge in [0.25, 0.3) is 5.91 Å². The molecule has 8 nitrogen and oxygen atoms in total. The summed E-state index contributed by atoms with van der Waals surface area (Å²) < 4.78 is 35.0. The number of hydrogen-bond acceptors (Lipinski definition) is 5. The topological polar surface area (TPSA) is 93.5 Å². The predicted molar refractivity (Wildman–Crippen MR) is 126 cm³/mol. The average molecular weight is 489 g/mol. The van der Waals surface area contributed by atoms with Crippen molar-refractivity contribution in [3.8, 4) is 5.69 Å². The third kappa shape index (κ3) is 5.11. The van der Waals surface area contributed by atoms with Crippen molar-refractivity contribution < 1.29 is 17.9 Å². The zero-order chi connectivity index (χ0) is 23.8. The van der Waals surface area contributed by atoms with E-state index in [0.29, 0.717) is 22.2 Å². The van der Waals surface area contributed by atoms with E-state index in [2.05, 4.69) is 10.4 Å². The molecular weight excluding hydrogens is 464 g/mol. The van der Waals surface area contributed by atoms with Crippen LogP contribution in [-0.2, 0) is 14.8 Å². The van der Waals surface area contributed by atoms with E-state index in [4.69, 9.17) is 16.3 Å². The van der Waals surface area contributed by atoms with Crippen LogP contribution in [0.25, 0.3) is 5.69 Å². The molecule has 0 bridgehead atoms. The smallest absolute Gasteiger partial charge is 0.256 e. The second kappa shape index (κ2) is 9.26. The summed E-state index contributed by atoms with van der Waals surface area (Å²) >= 11 is 6.10. The number of hydrogen-bond donors (Lipinski definition) is 1. The molecule has 1 fully saturated rings. The van der Waals surface area contributed by atoms with E-state index >= 15 is 0 Å². The molecule has 10 heteroatoms. The molecule has 2 atom stereocenters. The minimum atomic E-state index is -3.77. The molecule has 3 aromatic rings. The minimum Gasteiger partial charge on any atom is -0.373 e. The van der Waals surface area contributed by atoms with Gasteiger partial charge in [-0.3, -0.25) is 4.79 Å². The monoisotopic (exact) mass is 488 g/mol. The molecule has 33 heavy (non-hydrogen) atoms. The summed E-state index contributed by atoms with van der Waals surface area (Å²) in [5.74, 6) is 0.00259. The highest BCUT2D eigenvalue weighted by atomic mass is 35.5. The lowest BCUT2D eigenvalue weighted by molar-refractivity contribution is -0.0440. The number of nitrogens with zero attached hydrogens (tertiary/aromatic N) is 3.